The summed E-state index contributed by atoms with van der Waals surface area (Å²) in [6.07, 6.45) is 1.90. The lowest BCUT2D eigenvalue weighted by Crippen LogP contribution is -2.34. The Labute approximate surface area is 161 Å². The lowest BCUT2D eigenvalue weighted by molar-refractivity contribution is 0.0693. The van der Waals surface area contributed by atoms with E-state index in [9.17, 15) is 14.3 Å². The maximum Gasteiger partial charge on any atom is 0.336 e. The van der Waals surface area contributed by atoms with E-state index in [1.165, 1.54) is 12.1 Å². The molecular weight excluding hydrogens is 361 g/mol. The number of nitrogens with zero attached hydrogens (tertiary/aromatic N) is 3. The zero-order valence-electron chi connectivity index (χ0n) is 15.2. The Hall–Kier alpha value is -3.06. The van der Waals surface area contributed by atoms with Gasteiger partial charge in [0.15, 0.2) is 0 Å². The average Bonchev–Trinajstić information content (AvgIpc) is 3.19. The summed E-state index contributed by atoms with van der Waals surface area (Å²) in [4.78, 5) is 18.2. The molecule has 2 heterocycles. The van der Waals surface area contributed by atoms with Gasteiger partial charge in [-0.2, -0.15) is 4.98 Å². The van der Waals surface area contributed by atoms with E-state index in [2.05, 4.69) is 15.0 Å². The van der Waals surface area contributed by atoms with Crippen molar-refractivity contribution in [3.63, 3.8) is 0 Å². The van der Waals surface area contributed by atoms with Crippen LogP contribution in [0.1, 0.15) is 40.6 Å². The molecule has 0 aliphatic carbocycles. The molecule has 3 aromatic rings. The third-order valence-corrected chi connectivity index (χ3v) is 5.04. The lowest BCUT2D eigenvalue weighted by atomic mass is 9.97. The molecule has 1 saturated heterocycles. The predicted octanol–water partition coefficient (Wildman–Crippen LogP) is 3.95. The van der Waals surface area contributed by atoms with Crippen molar-refractivity contribution in [3.8, 4) is 11.4 Å². The molecule has 1 atom stereocenters. The number of hydrogen-bond acceptors (Lipinski definition) is 5. The van der Waals surface area contributed by atoms with Crippen LogP contribution < -0.4 is 0 Å². The summed E-state index contributed by atoms with van der Waals surface area (Å²) in [5.41, 5.74) is 1.84. The second kappa shape index (κ2) is 7.90. The number of carbonyl (C=O) groups is 1. The highest BCUT2D eigenvalue weighted by atomic mass is 19.1. The number of aromatic nitrogens is 2. The van der Waals surface area contributed by atoms with Gasteiger partial charge in [-0.05, 0) is 55.3 Å². The van der Waals surface area contributed by atoms with E-state index < -0.39 is 5.97 Å². The van der Waals surface area contributed by atoms with E-state index in [1.54, 1.807) is 24.3 Å². The van der Waals surface area contributed by atoms with Gasteiger partial charge in [-0.25, -0.2) is 9.18 Å². The van der Waals surface area contributed by atoms with E-state index in [0.717, 1.165) is 31.5 Å². The van der Waals surface area contributed by atoms with Crippen LogP contribution in [-0.4, -0.2) is 39.2 Å². The van der Waals surface area contributed by atoms with Crippen LogP contribution in [0, 0.1) is 5.82 Å². The molecule has 2 aromatic carbocycles. The molecule has 7 heteroatoms. The number of carboxylic acid groups (broad SMARTS) is 1. The van der Waals surface area contributed by atoms with Gasteiger partial charge in [0.2, 0.25) is 11.7 Å². The summed E-state index contributed by atoms with van der Waals surface area (Å²) in [6, 6.07) is 13.1. The van der Waals surface area contributed by atoms with Gasteiger partial charge in [0, 0.05) is 18.7 Å². The number of halogens is 1. The molecule has 0 radical (unpaired) electrons. The third-order valence-electron chi connectivity index (χ3n) is 5.04. The minimum absolute atomic E-state index is 0.0902. The molecule has 1 unspecified atom stereocenters. The third kappa shape index (κ3) is 3.94. The molecule has 0 saturated carbocycles. The highest BCUT2D eigenvalue weighted by molar-refractivity contribution is 5.89. The van der Waals surface area contributed by atoms with Crippen LogP contribution in [0.4, 0.5) is 4.39 Å². The van der Waals surface area contributed by atoms with Gasteiger partial charge in [-0.1, -0.05) is 23.4 Å². The minimum atomic E-state index is -0.912. The fourth-order valence-corrected chi connectivity index (χ4v) is 3.63. The van der Waals surface area contributed by atoms with Crippen molar-refractivity contribution in [2.24, 2.45) is 0 Å². The van der Waals surface area contributed by atoms with Crippen LogP contribution in [-0.2, 0) is 6.54 Å². The fraction of sp³-hybridized carbons (Fsp3) is 0.286. The molecular formula is C21H20FN3O3. The summed E-state index contributed by atoms with van der Waals surface area (Å²) in [5.74, 6) is -0.117. The van der Waals surface area contributed by atoms with Crippen LogP contribution in [0.3, 0.4) is 0 Å². The Morgan fingerprint density at radius 2 is 2.00 bits per heavy atom. The zero-order chi connectivity index (χ0) is 19.5. The fourth-order valence-electron chi connectivity index (χ4n) is 3.63. The Morgan fingerprint density at radius 1 is 1.21 bits per heavy atom. The van der Waals surface area contributed by atoms with E-state index in [-0.39, 0.29) is 11.7 Å². The molecule has 1 aromatic heterocycles. The molecule has 1 aliphatic rings. The van der Waals surface area contributed by atoms with E-state index >= 15 is 0 Å². The average molecular weight is 381 g/mol. The van der Waals surface area contributed by atoms with Gasteiger partial charge in [0.25, 0.3) is 0 Å². The lowest BCUT2D eigenvalue weighted by Gasteiger charge is -2.31. The predicted molar refractivity (Wildman–Crippen MR) is 100 cm³/mol. The Balaban J connectivity index is 1.47. The minimum Gasteiger partial charge on any atom is -0.478 e. The standard InChI is InChI=1S/C21H20FN3O3/c22-17-9-7-14(8-10-17)19-23-20(28-24-19)16-5-3-11-25(13-16)12-15-4-1-2-6-18(15)21(26)27/h1-2,4,6-10,16H,3,5,11-13H2,(H,26,27). The van der Waals surface area contributed by atoms with Crippen molar-refractivity contribution in [2.75, 3.05) is 13.1 Å². The largest absolute Gasteiger partial charge is 0.478 e. The monoisotopic (exact) mass is 381 g/mol. The number of likely N-dealkylation sites (tertiary alicyclic amines) is 1. The normalized spacial score (nSPS) is 17.5. The van der Waals surface area contributed by atoms with Crippen molar-refractivity contribution < 1.29 is 18.8 Å². The molecule has 0 bridgehead atoms. The number of hydrogen-bond donors (Lipinski definition) is 1. The smallest absolute Gasteiger partial charge is 0.336 e. The molecule has 1 aliphatic heterocycles. The van der Waals surface area contributed by atoms with Gasteiger partial charge in [0.1, 0.15) is 5.82 Å². The summed E-state index contributed by atoms with van der Waals surface area (Å²) in [5, 5.41) is 13.4. The van der Waals surface area contributed by atoms with Crippen molar-refractivity contribution in [3.05, 3.63) is 71.4 Å². The molecule has 0 spiro atoms. The van der Waals surface area contributed by atoms with Crippen LogP contribution in [0.5, 0.6) is 0 Å². The van der Waals surface area contributed by atoms with Crippen LogP contribution >= 0.6 is 0 Å². The number of benzene rings is 2. The summed E-state index contributed by atoms with van der Waals surface area (Å²) >= 11 is 0. The SMILES string of the molecule is O=C(O)c1ccccc1CN1CCCC(c2nc(-c3ccc(F)cc3)no2)C1. The summed E-state index contributed by atoms with van der Waals surface area (Å²) in [6.45, 7) is 2.18. The Bertz CT molecular complexity index is 971. The highest BCUT2D eigenvalue weighted by Crippen LogP contribution is 2.28. The quantitative estimate of drug-likeness (QED) is 0.721. The Morgan fingerprint density at radius 3 is 2.79 bits per heavy atom. The number of piperidine rings is 1. The Kier molecular flexibility index (Phi) is 5.16. The van der Waals surface area contributed by atoms with Crippen LogP contribution in [0.2, 0.25) is 0 Å². The van der Waals surface area contributed by atoms with Crippen LogP contribution in [0.15, 0.2) is 53.1 Å². The molecule has 144 valence electrons. The van der Waals surface area contributed by atoms with E-state index in [0.29, 0.717) is 29.4 Å². The van der Waals surface area contributed by atoms with Crippen molar-refractivity contribution in [1.29, 1.82) is 0 Å². The molecule has 4 rings (SSSR count). The second-order valence-electron chi connectivity index (χ2n) is 7.00. The number of aromatic carboxylic acids is 1. The van der Waals surface area contributed by atoms with Crippen LogP contribution in [0.25, 0.3) is 11.4 Å². The first-order valence-corrected chi connectivity index (χ1v) is 9.23. The molecule has 28 heavy (non-hydrogen) atoms. The van der Waals surface area contributed by atoms with Gasteiger partial charge < -0.3 is 9.63 Å². The molecule has 1 fully saturated rings. The maximum absolute atomic E-state index is 13.1. The van der Waals surface area contributed by atoms with E-state index in [4.69, 9.17) is 4.52 Å². The van der Waals surface area contributed by atoms with Crippen molar-refractivity contribution in [2.45, 2.75) is 25.3 Å². The zero-order valence-corrected chi connectivity index (χ0v) is 15.2. The van der Waals surface area contributed by atoms with Gasteiger partial charge in [0.05, 0.1) is 11.5 Å². The van der Waals surface area contributed by atoms with Gasteiger partial charge in [-0.3, -0.25) is 4.90 Å². The first-order chi connectivity index (χ1) is 13.6. The second-order valence-corrected chi connectivity index (χ2v) is 7.00. The van der Waals surface area contributed by atoms with Gasteiger partial charge >= 0.3 is 5.97 Å². The van der Waals surface area contributed by atoms with Crippen molar-refractivity contribution in [1.82, 2.24) is 15.0 Å². The summed E-state index contributed by atoms with van der Waals surface area (Å²) in [7, 11) is 0. The van der Waals surface area contributed by atoms with Gasteiger partial charge in [-0.15, -0.1) is 0 Å². The topological polar surface area (TPSA) is 79.5 Å². The first-order valence-electron chi connectivity index (χ1n) is 9.23. The maximum atomic E-state index is 13.1. The number of carboxylic acids is 1. The molecule has 1 N–H and O–H groups in total. The van der Waals surface area contributed by atoms with E-state index in [1.807, 2.05) is 12.1 Å². The summed E-state index contributed by atoms with van der Waals surface area (Å²) < 4.78 is 18.6. The molecule has 0 amide bonds. The highest BCUT2D eigenvalue weighted by Gasteiger charge is 2.27. The number of rotatable bonds is 5. The van der Waals surface area contributed by atoms with Crippen molar-refractivity contribution >= 4 is 5.97 Å². The molecule has 6 nitrogen and oxygen atoms in total. The first kappa shape index (κ1) is 18.3.